The highest BCUT2D eigenvalue weighted by molar-refractivity contribution is 7.80. The highest BCUT2D eigenvalue weighted by Crippen LogP contribution is 2.24. The second-order valence-electron chi connectivity index (χ2n) is 5.32. The lowest BCUT2D eigenvalue weighted by Gasteiger charge is -2.17. The summed E-state index contributed by atoms with van der Waals surface area (Å²) in [5.74, 6) is 0.697. The summed E-state index contributed by atoms with van der Waals surface area (Å²) in [7, 11) is 0. The van der Waals surface area contributed by atoms with Gasteiger partial charge in [0.25, 0.3) is 0 Å². The van der Waals surface area contributed by atoms with E-state index in [-0.39, 0.29) is 5.91 Å². The Morgan fingerprint density at radius 2 is 2.05 bits per heavy atom. The SMILES string of the molecule is CC1CCCC1NC(=O)Cc1ccc(C(N)=S)cc1. The summed E-state index contributed by atoms with van der Waals surface area (Å²) in [6.45, 7) is 2.20. The molecule has 1 aliphatic rings. The van der Waals surface area contributed by atoms with Gasteiger partial charge in [0.05, 0.1) is 6.42 Å². The van der Waals surface area contributed by atoms with Crippen molar-refractivity contribution >= 4 is 23.1 Å². The first-order chi connectivity index (χ1) is 9.06. The van der Waals surface area contributed by atoms with Gasteiger partial charge in [-0.2, -0.15) is 0 Å². The zero-order valence-electron chi connectivity index (χ0n) is 11.2. The van der Waals surface area contributed by atoms with E-state index >= 15 is 0 Å². The third kappa shape index (κ3) is 3.77. The standard InChI is InChI=1S/C15H20N2OS/c1-10-3-2-4-13(10)17-14(18)9-11-5-7-12(8-6-11)15(16)19/h5-8,10,13H,2-4,9H2,1H3,(H2,16,19)(H,17,18). The van der Waals surface area contributed by atoms with Crippen molar-refractivity contribution in [2.75, 3.05) is 0 Å². The largest absolute Gasteiger partial charge is 0.389 e. The van der Waals surface area contributed by atoms with Crippen molar-refractivity contribution in [3.05, 3.63) is 35.4 Å². The zero-order chi connectivity index (χ0) is 13.8. The van der Waals surface area contributed by atoms with Gasteiger partial charge in [0.2, 0.25) is 5.91 Å². The first-order valence-corrected chi connectivity index (χ1v) is 7.15. The Kier molecular flexibility index (Phi) is 4.53. The van der Waals surface area contributed by atoms with Crippen LogP contribution in [0.15, 0.2) is 24.3 Å². The van der Waals surface area contributed by atoms with Crippen LogP contribution in [-0.2, 0) is 11.2 Å². The molecule has 4 heteroatoms. The molecule has 0 spiro atoms. The molecule has 0 radical (unpaired) electrons. The van der Waals surface area contributed by atoms with Gasteiger partial charge in [0, 0.05) is 11.6 Å². The molecule has 1 fully saturated rings. The lowest BCUT2D eigenvalue weighted by atomic mass is 10.1. The topological polar surface area (TPSA) is 55.1 Å². The fourth-order valence-corrected chi connectivity index (χ4v) is 2.73. The van der Waals surface area contributed by atoms with Gasteiger partial charge >= 0.3 is 0 Å². The van der Waals surface area contributed by atoms with Crippen LogP contribution in [0.5, 0.6) is 0 Å². The van der Waals surface area contributed by atoms with E-state index in [0.29, 0.717) is 23.4 Å². The van der Waals surface area contributed by atoms with Crippen LogP contribution in [-0.4, -0.2) is 16.9 Å². The molecule has 102 valence electrons. The number of nitrogens with two attached hydrogens (primary N) is 1. The molecule has 1 aromatic carbocycles. The Balaban J connectivity index is 1.89. The van der Waals surface area contributed by atoms with Crippen molar-refractivity contribution in [1.82, 2.24) is 5.32 Å². The molecule has 3 nitrogen and oxygen atoms in total. The molecule has 1 aliphatic carbocycles. The number of benzene rings is 1. The normalized spacial score (nSPS) is 22.2. The van der Waals surface area contributed by atoms with E-state index in [1.165, 1.54) is 12.8 Å². The van der Waals surface area contributed by atoms with Gasteiger partial charge in [0.1, 0.15) is 4.99 Å². The first-order valence-electron chi connectivity index (χ1n) is 6.74. The van der Waals surface area contributed by atoms with Crippen LogP contribution in [0.4, 0.5) is 0 Å². The van der Waals surface area contributed by atoms with Crippen molar-refractivity contribution in [1.29, 1.82) is 0 Å². The predicted octanol–water partition coefficient (Wildman–Crippen LogP) is 2.17. The summed E-state index contributed by atoms with van der Waals surface area (Å²) in [6.07, 6.45) is 3.95. The van der Waals surface area contributed by atoms with Crippen LogP contribution in [0.1, 0.15) is 37.3 Å². The van der Waals surface area contributed by atoms with Crippen LogP contribution >= 0.6 is 12.2 Å². The summed E-state index contributed by atoms with van der Waals surface area (Å²) in [4.78, 5) is 12.4. The highest BCUT2D eigenvalue weighted by atomic mass is 32.1. The van der Waals surface area contributed by atoms with Gasteiger partial charge in [-0.3, -0.25) is 4.79 Å². The van der Waals surface area contributed by atoms with Crippen molar-refractivity contribution in [2.45, 2.75) is 38.6 Å². The van der Waals surface area contributed by atoms with E-state index in [4.69, 9.17) is 18.0 Å². The van der Waals surface area contributed by atoms with Crippen molar-refractivity contribution < 1.29 is 4.79 Å². The Bertz CT molecular complexity index is 470. The lowest BCUT2D eigenvalue weighted by molar-refractivity contribution is -0.121. The van der Waals surface area contributed by atoms with Gasteiger partial charge in [-0.1, -0.05) is 49.8 Å². The van der Waals surface area contributed by atoms with E-state index in [2.05, 4.69) is 12.2 Å². The van der Waals surface area contributed by atoms with Gasteiger partial charge < -0.3 is 11.1 Å². The van der Waals surface area contributed by atoms with E-state index in [1.807, 2.05) is 24.3 Å². The summed E-state index contributed by atoms with van der Waals surface area (Å²) in [6, 6.07) is 7.90. The fourth-order valence-electron chi connectivity index (χ4n) is 2.59. The van der Waals surface area contributed by atoms with E-state index < -0.39 is 0 Å². The van der Waals surface area contributed by atoms with Gasteiger partial charge in [-0.05, 0) is 24.3 Å². The van der Waals surface area contributed by atoms with E-state index in [0.717, 1.165) is 17.5 Å². The number of carbonyl (C=O) groups excluding carboxylic acids is 1. The van der Waals surface area contributed by atoms with Crippen LogP contribution in [0.2, 0.25) is 0 Å². The molecule has 2 rings (SSSR count). The zero-order valence-corrected chi connectivity index (χ0v) is 12.0. The Labute approximate surface area is 119 Å². The molecule has 0 aromatic heterocycles. The Morgan fingerprint density at radius 3 is 2.58 bits per heavy atom. The maximum atomic E-state index is 12.0. The summed E-state index contributed by atoms with van der Waals surface area (Å²) in [5, 5.41) is 3.13. The number of rotatable bonds is 4. The number of thiocarbonyl (C=S) groups is 1. The van der Waals surface area contributed by atoms with Gasteiger partial charge in [-0.25, -0.2) is 0 Å². The minimum atomic E-state index is 0.0989. The minimum Gasteiger partial charge on any atom is -0.389 e. The van der Waals surface area contributed by atoms with Gasteiger partial charge in [-0.15, -0.1) is 0 Å². The molecule has 1 amide bonds. The lowest BCUT2D eigenvalue weighted by Crippen LogP contribution is -2.37. The molecule has 0 saturated heterocycles. The number of nitrogens with one attached hydrogen (secondary N) is 1. The molecule has 1 saturated carbocycles. The smallest absolute Gasteiger partial charge is 0.224 e. The number of carbonyl (C=O) groups is 1. The molecule has 2 unspecified atom stereocenters. The molecular formula is C15H20N2OS. The maximum absolute atomic E-state index is 12.0. The second kappa shape index (κ2) is 6.15. The molecule has 0 aliphatic heterocycles. The Hall–Kier alpha value is -1.42. The van der Waals surface area contributed by atoms with Crippen LogP contribution in [0.3, 0.4) is 0 Å². The van der Waals surface area contributed by atoms with Gasteiger partial charge in [0.15, 0.2) is 0 Å². The predicted molar refractivity (Wildman–Crippen MR) is 81.0 cm³/mol. The molecule has 1 aromatic rings. The highest BCUT2D eigenvalue weighted by Gasteiger charge is 2.24. The number of amides is 1. The fraction of sp³-hybridized carbons (Fsp3) is 0.467. The Morgan fingerprint density at radius 1 is 1.37 bits per heavy atom. The molecule has 2 atom stereocenters. The van der Waals surface area contributed by atoms with E-state index in [1.54, 1.807) is 0 Å². The molecule has 3 N–H and O–H groups in total. The van der Waals surface area contributed by atoms with Crippen molar-refractivity contribution in [3.63, 3.8) is 0 Å². The quantitative estimate of drug-likeness (QED) is 0.829. The molecule has 0 heterocycles. The van der Waals surface area contributed by atoms with Crippen LogP contribution < -0.4 is 11.1 Å². The monoisotopic (exact) mass is 276 g/mol. The third-order valence-electron chi connectivity index (χ3n) is 3.81. The number of hydrogen-bond donors (Lipinski definition) is 2. The second-order valence-corrected chi connectivity index (χ2v) is 5.76. The summed E-state index contributed by atoms with van der Waals surface area (Å²) >= 11 is 4.90. The van der Waals surface area contributed by atoms with Crippen LogP contribution in [0.25, 0.3) is 0 Å². The van der Waals surface area contributed by atoms with E-state index in [9.17, 15) is 4.79 Å². The average molecular weight is 276 g/mol. The van der Waals surface area contributed by atoms with Crippen molar-refractivity contribution in [2.24, 2.45) is 11.7 Å². The summed E-state index contributed by atoms with van der Waals surface area (Å²) < 4.78 is 0. The maximum Gasteiger partial charge on any atom is 0.224 e. The number of hydrogen-bond acceptors (Lipinski definition) is 2. The minimum absolute atomic E-state index is 0.0989. The molecule has 19 heavy (non-hydrogen) atoms. The average Bonchev–Trinajstić information content (AvgIpc) is 2.75. The summed E-state index contributed by atoms with van der Waals surface area (Å²) in [5.41, 5.74) is 7.37. The molecular weight excluding hydrogens is 256 g/mol. The van der Waals surface area contributed by atoms with Crippen LogP contribution in [0, 0.1) is 5.92 Å². The van der Waals surface area contributed by atoms with Crippen molar-refractivity contribution in [3.8, 4) is 0 Å². The molecule has 0 bridgehead atoms. The third-order valence-corrected chi connectivity index (χ3v) is 4.05. The first kappa shape index (κ1) is 14.0.